The largest absolute Gasteiger partial charge is 0.491 e. The summed E-state index contributed by atoms with van der Waals surface area (Å²) < 4.78 is 5.61. The quantitative estimate of drug-likeness (QED) is 0.721. The number of nitrogens with zero attached hydrogens (tertiary/aromatic N) is 1. The van der Waals surface area contributed by atoms with Gasteiger partial charge in [0.25, 0.3) is 0 Å². The van der Waals surface area contributed by atoms with Gasteiger partial charge in [0, 0.05) is 17.3 Å². The summed E-state index contributed by atoms with van der Waals surface area (Å²) in [4.78, 5) is 4.14. The van der Waals surface area contributed by atoms with E-state index in [0.717, 1.165) is 18.5 Å². The molecule has 2 N–H and O–H groups in total. The van der Waals surface area contributed by atoms with E-state index in [1.54, 1.807) is 6.20 Å². The van der Waals surface area contributed by atoms with Gasteiger partial charge in [0.1, 0.15) is 5.75 Å². The molecule has 4 heteroatoms. The van der Waals surface area contributed by atoms with Crippen LogP contribution in [0.5, 0.6) is 5.75 Å². The first kappa shape index (κ1) is 12.9. The molecule has 90 valence electrons. The molecule has 1 aromatic rings. The molecule has 16 heavy (non-hydrogen) atoms. The Balaban J connectivity index is 2.94. The van der Waals surface area contributed by atoms with Gasteiger partial charge >= 0.3 is 0 Å². The van der Waals surface area contributed by atoms with Crippen LogP contribution < -0.4 is 4.74 Å². The average molecular weight is 225 g/mol. The van der Waals surface area contributed by atoms with E-state index < -0.39 is 0 Å². The molecule has 0 radical (unpaired) electrons. The normalized spacial score (nSPS) is 10.5. The molecule has 1 rings (SSSR count). The zero-order valence-electron chi connectivity index (χ0n) is 9.86. The maximum absolute atomic E-state index is 9.29. The third kappa shape index (κ3) is 2.93. The summed E-state index contributed by atoms with van der Waals surface area (Å²) >= 11 is 0. The Kier molecular flexibility index (Phi) is 5.22. The molecule has 0 unspecified atom stereocenters. The second kappa shape index (κ2) is 6.45. The van der Waals surface area contributed by atoms with Crippen molar-refractivity contribution in [2.45, 2.75) is 39.9 Å². The number of hydrogen-bond donors (Lipinski definition) is 2. The molecule has 0 amide bonds. The van der Waals surface area contributed by atoms with Crippen molar-refractivity contribution >= 4 is 0 Å². The molecule has 0 bridgehead atoms. The van der Waals surface area contributed by atoms with Gasteiger partial charge in [-0.3, -0.25) is 4.98 Å². The van der Waals surface area contributed by atoms with Crippen molar-refractivity contribution in [3.05, 3.63) is 23.0 Å². The molecule has 0 saturated heterocycles. The zero-order valence-corrected chi connectivity index (χ0v) is 9.86. The standard InChI is InChI=1S/C12H19NO3/c1-3-4-5-16-12-9(2)13-6-10(7-14)11(12)8-15/h6,14-15H,3-5,7-8H2,1-2H3. The number of aliphatic hydroxyl groups is 2. The summed E-state index contributed by atoms with van der Waals surface area (Å²) in [6.07, 6.45) is 3.60. The lowest BCUT2D eigenvalue weighted by Gasteiger charge is -2.14. The Labute approximate surface area is 95.9 Å². The van der Waals surface area contributed by atoms with E-state index in [1.807, 2.05) is 6.92 Å². The van der Waals surface area contributed by atoms with Gasteiger partial charge < -0.3 is 14.9 Å². The predicted octanol–water partition coefficient (Wildman–Crippen LogP) is 1.55. The Morgan fingerprint density at radius 3 is 2.62 bits per heavy atom. The molecule has 0 aliphatic heterocycles. The maximum Gasteiger partial charge on any atom is 0.146 e. The first-order valence-electron chi connectivity index (χ1n) is 5.56. The minimum Gasteiger partial charge on any atom is -0.491 e. The van der Waals surface area contributed by atoms with Crippen LogP contribution in [0, 0.1) is 6.92 Å². The molecule has 0 aliphatic carbocycles. The third-order valence-electron chi connectivity index (χ3n) is 2.48. The third-order valence-corrected chi connectivity index (χ3v) is 2.48. The molecule has 0 saturated carbocycles. The average Bonchev–Trinajstić information content (AvgIpc) is 2.31. The van der Waals surface area contributed by atoms with E-state index in [1.165, 1.54) is 0 Å². The fraction of sp³-hybridized carbons (Fsp3) is 0.583. The smallest absolute Gasteiger partial charge is 0.146 e. The Morgan fingerprint density at radius 2 is 2.06 bits per heavy atom. The van der Waals surface area contributed by atoms with Crippen molar-refractivity contribution in [3.63, 3.8) is 0 Å². The van der Waals surface area contributed by atoms with Gasteiger partial charge in [-0.1, -0.05) is 13.3 Å². The van der Waals surface area contributed by atoms with Crippen LogP contribution in [0.1, 0.15) is 36.6 Å². The predicted molar refractivity (Wildman–Crippen MR) is 61.2 cm³/mol. The number of ether oxygens (including phenoxy) is 1. The highest BCUT2D eigenvalue weighted by atomic mass is 16.5. The van der Waals surface area contributed by atoms with Crippen LogP contribution in [0.4, 0.5) is 0 Å². The van der Waals surface area contributed by atoms with E-state index >= 15 is 0 Å². The molecule has 0 spiro atoms. The Morgan fingerprint density at radius 1 is 1.31 bits per heavy atom. The summed E-state index contributed by atoms with van der Waals surface area (Å²) in [5, 5.41) is 18.4. The molecular weight excluding hydrogens is 206 g/mol. The molecular formula is C12H19NO3. The number of aryl methyl sites for hydroxylation is 1. The maximum atomic E-state index is 9.29. The highest BCUT2D eigenvalue weighted by Gasteiger charge is 2.12. The van der Waals surface area contributed by atoms with Gasteiger partial charge in [-0.05, 0) is 13.3 Å². The van der Waals surface area contributed by atoms with Gasteiger partial charge in [-0.2, -0.15) is 0 Å². The number of aliphatic hydroxyl groups excluding tert-OH is 2. The minimum absolute atomic E-state index is 0.132. The number of aromatic nitrogens is 1. The second-order valence-electron chi connectivity index (χ2n) is 3.69. The Hall–Kier alpha value is -1.13. The van der Waals surface area contributed by atoms with Crippen molar-refractivity contribution in [3.8, 4) is 5.75 Å². The lowest BCUT2D eigenvalue weighted by atomic mass is 10.1. The highest BCUT2D eigenvalue weighted by Crippen LogP contribution is 2.25. The van der Waals surface area contributed by atoms with E-state index in [2.05, 4.69) is 11.9 Å². The lowest BCUT2D eigenvalue weighted by Crippen LogP contribution is -2.06. The first-order chi connectivity index (χ1) is 7.74. The van der Waals surface area contributed by atoms with Crippen LogP contribution in [-0.4, -0.2) is 21.8 Å². The monoisotopic (exact) mass is 225 g/mol. The summed E-state index contributed by atoms with van der Waals surface area (Å²) in [5.74, 6) is 0.613. The van der Waals surface area contributed by atoms with Gasteiger partial charge in [0.05, 0.1) is 25.5 Å². The molecule has 4 nitrogen and oxygen atoms in total. The second-order valence-corrected chi connectivity index (χ2v) is 3.69. The van der Waals surface area contributed by atoms with Crippen molar-refractivity contribution in [2.24, 2.45) is 0 Å². The number of pyridine rings is 1. The molecule has 1 aromatic heterocycles. The van der Waals surface area contributed by atoms with Crippen molar-refractivity contribution in [1.29, 1.82) is 0 Å². The summed E-state index contributed by atoms with van der Waals surface area (Å²) in [6, 6.07) is 0. The SMILES string of the molecule is CCCCOc1c(C)ncc(CO)c1CO. The van der Waals surface area contributed by atoms with Crippen LogP contribution in [-0.2, 0) is 13.2 Å². The van der Waals surface area contributed by atoms with Crippen molar-refractivity contribution in [2.75, 3.05) is 6.61 Å². The molecule has 1 heterocycles. The van der Waals surface area contributed by atoms with Crippen LogP contribution in [0.15, 0.2) is 6.20 Å². The summed E-state index contributed by atoms with van der Waals surface area (Å²) in [5.41, 5.74) is 2.02. The fourth-order valence-electron chi connectivity index (χ4n) is 1.50. The summed E-state index contributed by atoms with van der Waals surface area (Å²) in [7, 11) is 0. The van der Waals surface area contributed by atoms with E-state index in [0.29, 0.717) is 23.5 Å². The topological polar surface area (TPSA) is 62.6 Å². The zero-order chi connectivity index (χ0) is 12.0. The Bertz CT molecular complexity index is 339. The highest BCUT2D eigenvalue weighted by molar-refractivity contribution is 5.41. The molecule has 0 atom stereocenters. The first-order valence-corrected chi connectivity index (χ1v) is 5.56. The number of hydrogen-bond acceptors (Lipinski definition) is 4. The van der Waals surface area contributed by atoms with Crippen molar-refractivity contribution < 1.29 is 14.9 Å². The minimum atomic E-state index is -0.138. The van der Waals surface area contributed by atoms with Crippen molar-refractivity contribution in [1.82, 2.24) is 4.98 Å². The van der Waals surface area contributed by atoms with Crippen LogP contribution >= 0.6 is 0 Å². The van der Waals surface area contributed by atoms with Gasteiger partial charge in [-0.15, -0.1) is 0 Å². The molecule has 0 aliphatic rings. The van der Waals surface area contributed by atoms with Crippen LogP contribution in [0.2, 0.25) is 0 Å². The number of rotatable bonds is 6. The molecule has 0 fully saturated rings. The van der Waals surface area contributed by atoms with Gasteiger partial charge in [-0.25, -0.2) is 0 Å². The number of unbranched alkanes of at least 4 members (excludes halogenated alkanes) is 1. The fourth-order valence-corrected chi connectivity index (χ4v) is 1.50. The van der Waals surface area contributed by atoms with E-state index in [-0.39, 0.29) is 13.2 Å². The van der Waals surface area contributed by atoms with Crippen LogP contribution in [0.25, 0.3) is 0 Å². The van der Waals surface area contributed by atoms with Crippen LogP contribution in [0.3, 0.4) is 0 Å². The van der Waals surface area contributed by atoms with E-state index in [4.69, 9.17) is 9.84 Å². The van der Waals surface area contributed by atoms with Gasteiger partial charge in [0.2, 0.25) is 0 Å². The molecule has 0 aromatic carbocycles. The summed E-state index contributed by atoms with van der Waals surface area (Å²) in [6.45, 7) is 4.27. The van der Waals surface area contributed by atoms with Gasteiger partial charge in [0.15, 0.2) is 0 Å². The van der Waals surface area contributed by atoms with E-state index in [9.17, 15) is 5.11 Å². The lowest BCUT2D eigenvalue weighted by molar-refractivity contribution is 0.244.